The first-order chi connectivity index (χ1) is 17.8. The van der Waals surface area contributed by atoms with Crippen molar-refractivity contribution in [2.45, 2.75) is 160 Å². The van der Waals surface area contributed by atoms with Gasteiger partial charge in [0.2, 0.25) is 5.12 Å². The largest absolute Gasteiger partial charge is 0.286 e. The van der Waals surface area contributed by atoms with Gasteiger partial charge in [0, 0.05) is 5.25 Å². The molecule has 3 fully saturated rings. The lowest BCUT2D eigenvalue weighted by atomic mass is 9.47. The molecular formula is C34H57ClOS. The summed E-state index contributed by atoms with van der Waals surface area (Å²) in [6.07, 6.45) is 27.8. The molecule has 0 aromatic carbocycles. The topological polar surface area (TPSA) is 17.1 Å². The molecule has 1 nitrogen and oxygen atoms in total. The lowest BCUT2D eigenvalue weighted by Crippen LogP contribution is -2.50. The smallest absolute Gasteiger partial charge is 0.207 e. The minimum absolute atomic E-state index is 0.233. The van der Waals surface area contributed by atoms with Gasteiger partial charge in [0.15, 0.2) is 0 Å². The Morgan fingerprint density at radius 2 is 1.68 bits per heavy atom. The average Bonchev–Trinajstić information content (AvgIpc) is 3.22. The van der Waals surface area contributed by atoms with Crippen molar-refractivity contribution in [2.24, 2.45) is 34.5 Å². The van der Waals surface area contributed by atoms with Crippen molar-refractivity contribution in [1.29, 1.82) is 0 Å². The Labute approximate surface area is 239 Å². The van der Waals surface area contributed by atoms with E-state index in [1.165, 1.54) is 103 Å². The van der Waals surface area contributed by atoms with Crippen LogP contribution in [0.3, 0.4) is 0 Å². The second-order valence-electron chi connectivity index (χ2n) is 13.9. The molecule has 0 N–H and O–H groups in total. The van der Waals surface area contributed by atoms with Crippen LogP contribution in [0.15, 0.2) is 11.6 Å². The second-order valence-corrected chi connectivity index (χ2v) is 15.7. The Bertz CT molecular complexity index is 778. The molecule has 4 aliphatic carbocycles. The molecule has 4 aliphatic rings. The fraction of sp³-hybridized carbons (Fsp3) is 0.912. The number of alkyl halides is 1. The predicted molar refractivity (Wildman–Crippen MR) is 163 cm³/mol. The van der Waals surface area contributed by atoms with Crippen LogP contribution >= 0.6 is 23.4 Å². The molecule has 4 rings (SSSR count). The summed E-state index contributed by atoms with van der Waals surface area (Å²) >= 11 is 8.08. The first kappa shape index (κ1) is 30.0. The highest BCUT2D eigenvalue weighted by molar-refractivity contribution is 8.14. The molecule has 0 amide bonds. The monoisotopic (exact) mass is 548 g/mol. The van der Waals surface area contributed by atoms with Crippen molar-refractivity contribution >= 4 is 28.5 Å². The molecule has 0 aromatic heterocycles. The number of carbonyl (C=O) groups excluding carboxylic acids is 1. The molecule has 37 heavy (non-hydrogen) atoms. The number of fused-ring (bicyclic) bond motifs is 5. The van der Waals surface area contributed by atoms with Crippen LogP contribution in [0.25, 0.3) is 0 Å². The molecule has 5 unspecified atom stereocenters. The van der Waals surface area contributed by atoms with Crippen LogP contribution in [0.4, 0.5) is 0 Å². The Hall–Kier alpha value is 0.0500. The Kier molecular flexibility index (Phi) is 11.0. The van der Waals surface area contributed by atoms with Gasteiger partial charge in [0.25, 0.3) is 0 Å². The zero-order chi connectivity index (χ0) is 26.5. The maximum atomic E-state index is 12.8. The van der Waals surface area contributed by atoms with Crippen LogP contribution in [0.2, 0.25) is 0 Å². The quantitative estimate of drug-likeness (QED) is 0.129. The number of allylic oxidation sites excluding steroid dienone is 2. The minimum Gasteiger partial charge on any atom is -0.286 e. The van der Waals surface area contributed by atoms with Gasteiger partial charge in [-0.3, -0.25) is 4.79 Å². The van der Waals surface area contributed by atoms with Gasteiger partial charge in [0.1, 0.15) is 5.38 Å². The molecule has 212 valence electrons. The fourth-order valence-corrected chi connectivity index (χ4v) is 10.8. The van der Waals surface area contributed by atoms with E-state index in [1.807, 2.05) is 0 Å². The number of hydrogen-bond acceptors (Lipinski definition) is 2. The van der Waals surface area contributed by atoms with E-state index in [4.69, 9.17) is 11.6 Å². The van der Waals surface area contributed by atoms with Gasteiger partial charge in [-0.05, 0) is 98.7 Å². The molecule has 8 atom stereocenters. The van der Waals surface area contributed by atoms with Gasteiger partial charge in [-0.2, -0.15) is 0 Å². The van der Waals surface area contributed by atoms with Gasteiger partial charge < -0.3 is 0 Å². The third-order valence-electron chi connectivity index (χ3n) is 11.8. The van der Waals surface area contributed by atoms with E-state index in [-0.39, 0.29) is 10.5 Å². The van der Waals surface area contributed by atoms with Crippen LogP contribution in [0, 0.1) is 34.5 Å². The Balaban J connectivity index is 1.32. The zero-order valence-corrected chi connectivity index (χ0v) is 26.2. The maximum Gasteiger partial charge on any atom is 0.207 e. The first-order valence-corrected chi connectivity index (χ1v) is 17.7. The molecule has 0 heterocycles. The minimum atomic E-state index is -0.294. The second kappa shape index (κ2) is 13.6. The van der Waals surface area contributed by atoms with Gasteiger partial charge in [-0.1, -0.05) is 109 Å². The molecule has 0 radical (unpaired) electrons. The lowest BCUT2D eigenvalue weighted by Gasteiger charge is -2.58. The molecule has 0 aromatic rings. The summed E-state index contributed by atoms with van der Waals surface area (Å²) < 4.78 is 0. The molecule has 0 saturated heterocycles. The molecule has 3 saturated carbocycles. The molecular weight excluding hydrogens is 492 g/mol. The molecule has 0 spiro atoms. The Morgan fingerprint density at radius 1 is 0.946 bits per heavy atom. The number of rotatable bonds is 13. The standard InChI is InChI=1S/C34H57ClOS/c1-5-7-9-10-11-13-14-25-17-19-29-28-18-16-26-24-27(37-32(36)31(35)15-12-8-6-2)20-22-34(26,4)30(28)21-23-33(25,29)3/h16,25,27-31H,5-15,17-24H2,1-4H3/t25?,27-,28?,29?,30?,31?,33+,34-/m0/s1. The van der Waals surface area contributed by atoms with E-state index in [0.29, 0.717) is 16.1 Å². The maximum absolute atomic E-state index is 12.8. The summed E-state index contributed by atoms with van der Waals surface area (Å²) in [4.78, 5) is 12.8. The fourth-order valence-electron chi connectivity index (χ4n) is 9.41. The number of halogens is 1. The van der Waals surface area contributed by atoms with Gasteiger partial charge in [-0.25, -0.2) is 0 Å². The summed E-state index contributed by atoms with van der Waals surface area (Å²) in [5.74, 6) is 3.69. The van der Waals surface area contributed by atoms with Gasteiger partial charge in [-0.15, -0.1) is 11.6 Å². The van der Waals surface area contributed by atoms with Crippen molar-refractivity contribution in [1.82, 2.24) is 0 Å². The van der Waals surface area contributed by atoms with E-state index in [0.717, 1.165) is 42.9 Å². The summed E-state index contributed by atoms with van der Waals surface area (Å²) in [5.41, 5.74) is 2.68. The van der Waals surface area contributed by atoms with Crippen molar-refractivity contribution in [3.8, 4) is 0 Å². The van der Waals surface area contributed by atoms with Crippen LogP contribution in [-0.2, 0) is 4.79 Å². The van der Waals surface area contributed by atoms with E-state index >= 15 is 0 Å². The van der Waals surface area contributed by atoms with Gasteiger partial charge in [0.05, 0.1) is 0 Å². The van der Waals surface area contributed by atoms with Crippen molar-refractivity contribution in [3.63, 3.8) is 0 Å². The normalized spacial score (nSPS) is 37.9. The van der Waals surface area contributed by atoms with Crippen LogP contribution in [-0.4, -0.2) is 15.7 Å². The number of carbonyl (C=O) groups is 1. The number of hydrogen-bond donors (Lipinski definition) is 0. The van der Waals surface area contributed by atoms with E-state index in [9.17, 15) is 4.79 Å². The molecule has 0 aliphatic heterocycles. The van der Waals surface area contributed by atoms with E-state index in [2.05, 4.69) is 33.8 Å². The van der Waals surface area contributed by atoms with Crippen LogP contribution in [0.5, 0.6) is 0 Å². The van der Waals surface area contributed by atoms with E-state index in [1.54, 1.807) is 17.3 Å². The number of thioether (sulfide) groups is 1. The molecule has 0 bridgehead atoms. The molecule has 3 heteroatoms. The van der Waals surface area contributed by atoms with E-state index < -0.39 is 0 Å². The van der Waals surface area contributed by atoms with Gasteiger partial charge >= 0.3 is 0 Å². The average molecular weight is 549 g/mol. The van der Waals surface area contributed by atoms with Crippen molar-refractivity contribution < 1.29 is 4.79 Å². The number of unbranched alkanes of at least 4 members (excludes halogenated alkanes) is 7. The SMILES string of the molecule is CCCCCCCCC1CCC2C3CC=C4C[C@@H](SC(=O)C(Cl)CCCCC)CC[C@]4(C)C3CC[C@]12C. The van der Waals surface area contributed by atoms with Crippen LogP contribution in [0.1, 0.15) is 150 Å². The summed E-state index contributed by atoms with van der Waals surface area (Å²) in [5, 5.41) is 0.381. The van der Waals surface area contributed by atoms with Crippen molar-refractivity contribution in [2.75, 3.05) is 0 Å². The predicted octanol–water partition coefficient (Wildman–Crippen LogP) is 11.1. The summed E-state index contributed by atoms with van der Waals surface area (Å²) in [7, 11) is 0. The van der Waals surface area contributed by atoms with Crippen LogP contribution < -0.4 is 0 Å². The summed E-state index contributed by atoms with van der Waals surface area (Å²) in [6, 6.07) is 0. The third kappa shape index (κ3) is 6.69. The zero-order valence-electron chi connectivity index (χ0n) is 24.7. The highest BCUT2D eigenvalue weighted by atomic mass is 35.5. The summed E-state index contributed by atoms with van der Waals surface area (Å²) in [6.45, 7) is 9.83. The third-order valence-corrected chi connectivity index (χ3v) is 13.6. The lowest BCUT2D eigenvalue weighted by molar-refractivity contribution is -0.110. The highest BCUT2D eigenvalue weighted by Gasteiger charge is 2.58. The van der Waals surface area contributed by atoms with Crippen molar-refractivity contribution in [3.05, 3.63) is 11.6 Å². The Morgan fingerprint density at radius 3 is 2.46 bits per heavy atom. The first-order valence-electron chi connectivity index (χ1n) is 16.4. The highest BCUT2D eigenvalue weighted by Crippen LogP contribution is 2.67.